The van der Waals surface area contributed by atoms with E-state index in [0.29, 0.717) is 17.0 Å². The highest BCUT2D eigenvalue weighted by atomic mass is 79.9. The molecule has 0 radical (unpaired) electrons. The molecule has 3 aromatic rings. The van der Waals surface area contributed by atoms with E-state index >= 15 is 0 Å². The van der Waals surface area contributed by atoms with E-state index < -0.39 is 5.91 Å². The van der Waals surface area contributed by atoms with E-state index in [9.17, 15) is 14.7 Å². The molecule has 1 heterocycles. The molecule has 2 N–H and O–H groups in total. The lowest BCUT2D eigenvalue weighted by molar-refractivity contribution is 0.0955. The molecule has 0 atom stereocenters. The molecule has 1 amide bonds. The summed E-state index contributed by atoms with van der Waals surface area (Å²) in [6.45, 7) is 0.342. The zero-order chi connectivity index (χ0) is 19.4. The van der Waals surface area contributed by atoms with Gasteiger partial charge in [-0.3, -0.25) is 14.2 Å². The van der Waals surface area contributed by atoms with Crippen molar-refractivity contribution in [2.24, 2.45) is 5.10 Å². The highest BCUT2D eigenvalue weighted by Gasteiger charge is 2.12. The molecule has 138 valence electrons. The van der Waals surface area contributed by atoms with Gasteiger partial charge in [-0.25, -0.2) is 5.43 Å². The number of aromatic hydroxyl groups is 1. The molecule has 0 spiro atoms. The predicted octanol–water partition coefficient (Wildman–Crippen LogP) is 3.84. The lowest BCUT2D eigenvalue weighted by Gasteiger charge is -2.04. The van der Waals surface area contributed by atoms with Crippen molar-refractivity contribution in [1.82, 2.24) is 9.99 Å². The number of phenolic OH excluding ortho intramolecular Hbond substituents is 1. The van der Waals surface area contributed by atoms with E-state index in [-0.39, 0.29) is 15.8 Å². The fraction of sp³-hybridized carbons (Fsp3) is 0.0556. The van der Waals surface area contributed by atoms with E-state index in [1.165, 1.54) is 35.0 Å². The number of carbonyl (C=O) groups is 1. The lowest BCUT2D eigenvalue weighted by Crippen LogP contribution is -2.17. The van der Waals surface area contributed by atoms with Crippen molar-refractivity contribution in [3.63, 3.8) is 0 Å². The van der Waals surface area contributed by atoms with Crippen LogP contribution in [0.3, 0.4) is 0 Å². The van der Waals surface area contributed by atoms with Crippen molar-refractivity contribution in [1.29, 1.82) is 0 Å². The zero-order valence-electron chi connectivity index (χ0n) is 13.7. The van der Waals surface area contributed by atoms with Crippen molar-refractivity contribution in [3.05, 3.63) is 83.8 Å². The third-order valence-electron chi connectivity index (χ3n) is 3.59. The van der Waals surface area contributed by atoms with Crippen LogP contribution in [0.4, 0.5) is 0 Å². The molecule has 0 saturated heterocycles. The van der Waals surface area contributed by atoms with Crippen LogP contribution in [0.2, 0.25) is 5.15 Å². The second-order valence-electron chi connectivity index (χ2n) is 5.48. The Morgan fingerprint density at radius 2 is 1.89 bits per heavy atom. The van der Waals surface area contributed by atoms with Crippen LogP contribution in [0.5, 0.6) is 5.75 Å². The molecule has 6 nitrogen and oxygen atoms in total. The fourth-order valence-electron chi connectivity index (χ4n) is 2.22. The van der Waals surface area contributed by atoms with Gasteiger partial charge >= 0.3 is 4.87 Å². The second-order valence-corrected chi connectivity index (χ2v) is 7.75. The molecule has 0 bridgehead atoms. The lowest BCUT2D eigenvalue weighted by atomic mass is 10.2. The summed E-state index contributed by atoms with van der Waals surface area (Å²) >= 11 is 10.6. The first-order valence-corrected chi connectivity index (χ1v) is 9.69. The van der Waals surface area contributed by atoms with E-state index in [1.807, 2.05) is 24.3 Å². The Kier molecular flexibility index (Phi) is 6.10. The van der Waals surface area contributed by atoms with Gasteiger partial charge in [0.1, 0.15) is 10.9 Å². The predicted molar refractivity (Wildman–Crippen MR) is 110 cm³/mol. The molecule has 27 heavy (non-hydrogen) atoms. The Morgan fingerprint density at radius 1 is 1.22 bits per heavy atom. The van der Waals surface area contributed by atoms with Crippen LogP contribution in [-0.4, -0.2) is 21.8 Å². The average molecular weight is 467 g/mol. The largest absolute Gasteiger partial charge is 0.508 e. The molecular formula is C18H13BrClN3O3S. The first-order chi connectivity index (χ1) is 12.9. The minimum atomic E-state index is -0.441. The molecular weight excluding hydrogens is 454 g/mol. The number of carbonyl (C=O) groups excluding carboxylic acids is 1. The highest BCUT2D eigenvalue weighted by molar-refractivity contribution is 9.10. The van der Waals surface area contributed by atoms with Crippen molar-refractivity contribution in [2.75, 3.05) is 0 Å². The number of hydrazone groups is 1. The third kappa shape index (κ3) is 4.85. The third-order valence-corrected chi connectivity index (χ3v) is 5.55. The van der Waals surface area contributed by atoms with Crippen LogP contribution < -0.4 is 10.3 Å². The Labute approximate surface area is 171 Å². The van der Waals surface area contributed by atoms with Gasteiger partial charge in [-0.05, 0) is 42.0 Å². The minimum absolute atomic E-state index is 0.0683. The van der Waals surface area contributed by atoms with E-state index in [1.54, 1.807) is 0 Å². The second kappa shape index (κ2) is 8.51. The minimum Gasteiger partial charge on any atom is -0.508 e. The number of halogens is 2. The molecule has 1 aromatic heterocycles. The maximum atomic E-state index is 12.2. The summed E-state index contributed by atoms with van der Waals surface area (Å²) in [7, 11) is 0. The standard InChI is InChI=1S/C18H13BrClN3O3S/c19-13-5-1-11(2-6-13)10-23-16(20)15(27-18(23)26)9-21-22-17(25)12-3-7-14(24)8-4-12/h1-9,24H,10H2,(H,22,25)/b21-9-. The quantitative estimate of drug-likeness (QED) is 0.443. The summed E-state index contributed by atoms with van der Waals surface area (Å²) in [6.07, 6.45) is 1.34. The summed E-state index contributed by atoms with van der Waals surface area (Å²) in [4.78, 5) is 24.4. The van der Waals surface area contributed by atoms with Gasteiger partial charge in [0.05, 0.1) is 17.6 Å². The molecule has 0 aliphatic heterocycles. The van der Waals surface area contributed by atoms with Crippen LogP contribution in [0.25, 0.3) is 0 Å². The van der Waals surface area contributed by atoms with Gasteiger partial charge in [-0.15, -0.1) is 0 Å². The van der Waals surface area contributed by atoms with Gasteiger partial charge in [-0.2, -0.15) is 5.10 Å². The number of nitrogens with one attached hydrogen (secondary N) is 1. The number of benzene rings is 2. The highest BCUT2D eigenvalue weighted by Crippen LogP contribution is 2.19. The Hall–Kier alpha value is -2.42. The van der Waals surface area contributed by atoms with Crippen LogP contribution in [-0.2, 0) is 6.54 Å². The van der Waals surface area contributed by atoms with E-state index in [2.05, 4.69) is 26.5 Å². The molecule has 0 aliphatic rings. The SMILES string of the molecule is O=C(N/N=C\c1sc(=O)n(Cc2ccc(Br)cc2)c1Cl)c1ccc(O)cc1. The molecule has 0 fully saturated rings. The number of aromatic nitrogens is 1. The van der Waals surface area contributed by atoms with Gasteiger partial charge in [0, 0.05) is 10.0 Å². The first-order valence-electron chi connectivity index (χ1n) is 7.70. The number of phenols is 1. The van der Waals surface area contributed by atoms with Gasteiger partial charge in [-0.1, -0.05) is 51.0 Å². The number of nitrogens with zero attached hydrogens (tertiary/aromatic N) is 2. The number of rotatable bonds is 5. The molecule has 0 aliphatic carbocycles. The zero-order valence-corrected chi connectivity index (χ0v) is 16.9. The molecule has 3 rings (SSSR count). The van der Waals surface area contributed by atoms with Crippen molar-refractivity contribution < 1.29 is 9.90 Å². The fourth-order valence-corrected chi connectivity index (χ4v) is 3.59. The van der Waals surface area contributed by atoms with Crippen LogP contribution in [0.15, 0.2) is 62.9 Å². The number of hydrogen-bond acceptors (Lipinski definition) is 5. The van der Waals surface area contributed by atoms with Gasteiger partial charge in [0.25, 0.3) is 5.91 Å². The van der Waals surface area contributed by atoms with Crippen LogP contribution in [0.1, 0.15) is 20.8 Å². The molecule has 2 aromatic carbocycles. The molecule has 0 unspecified atom stereocenters. The van der Waals surface area contributed by atoms with Crippen molar-refractivity contribution in [3.8, 4) is 5.75 Å². The van der Waals surface area contributed by atoms with E-state index in [0.717, 1.165) is 21.4 Å². The van der Waals surface area contributed by atoms with Gasteiger partial charge in [0.2, 0.25) is 0 Å². The maximum absolute atomic E-state index is 12.2. The number of hydrogen-bond donors (Lipinski definition) is 2. The van der Waals surface area contributed by atoms with Crippen LogP contribution >= 0.6 is 38.9 Å². The topological polar surface area (TPSA) is 83.7 Å². The van der Waals surface area contributed by atoms with Crippen LogP contribution in [0, 0.1) is 0 Å². The summed E-state index contributed by atoms with van der Waals surface area (Å²) < 4.78 is 2.39. The Morgan fingerprint density at radius 3 is 2.56 bits per heavy atom. The van der Waals surface area contributed by atoms with E-state index in [4.69, 9.17) is 11.6 Å². The summed E-state index contributed by atoms with van der Waals surface area (Å²) in [5, 5.41) is 13.3. The Bertz CT molecular complexity index is 1040. The molecule has 0 saturated carbocycles. The molecule has 9 heteroatoms. The van der Waals surface area contributed by atoms with Gasteiger partial charge < -0.3 is 5.11 Å². The van der Waals surface area contributed by atoms with Gasteiger partial charge in [0.15, 0.2) is 0 Å². The van der Waals surface area contributed by atoms with Crippen molar-refractivity contribution in [2.45, 2.75) is 6.54 Å². The summed E-state index contributed by atoms with van der Waals surface area (Å²) in [5.41, 5.74) is 3.64. The normalized spacial score (nSPS) is 11.0. The average Bonchev–Trinajstić information content (AvgIpc) is 2.91. The van der Waals surface area contributed by atoms with Crippen molar-refractivity contribution >= 4 is 51.0 Å². The number of thiazole rings is 1. The first kappa shape index (κ1) is 19.3. The Balaban J connectivity index is 1.71. The summed E-state index contributed by atoms with van der Waals surface area (Å²) in [6, 6.07) is 13.3. The maximum Gasteiger partial charge on any atom is 0.309 e. The summed E-state index contributed by atoms with van der Waals surface area (Å²) in [5.74, 6) is -0.372. The monoisotopic (exact) mass is 465 g/mol. The number of amides is 1. The smallest absolute Gasteiger partial charge is 0.309 e.